The molecule has 0 aromatic heterocycles. The molecule has 1 saturated carbocycles. The number of methoxy groups -OCH3 is 1. The Morgan fingerprint density at radius 1 is 1.21 bits per heavy atom. The maximum atomic E-state index is 10.2. The summed E-state index contributed by atoms with van der Waals surface area (Å²) in [5.74, 6) is 0.822. The number of ether oxygens (including phenoxy) is 1. The van der Waals surface area contributed by atoms with Crippen LogP contribution >= 0.6 is 0 Å². The number of hydrogen-bond donors (Lipinski definition) is 2. The lowest BCUT2D eigenvalue weighted by molar-refractivity contribution is 0.297. The van der Waals surface area contributed by atoms with E-state index >= 15 is 0 Å². The van der Waals surface area contributed by atoms with E-state index in [-0.39, 0.29) is 11.2 Å². The summed E-state index contributed by atoms with van der Waals surface area (Å²) in [5, 5.41) is 10.2. The number of phenols is 1. The van der Waals surface area contributed by atoms with E-state index in [1.54, 1.807) is 7.11 Å². The molecule has 0 bridgehead atoms. The highest BCUT2D eigenvalue weighted by Crippen LogP contribution is 2.44. The Hall–Kier alpha value is -1.22. The van der Waals surface area contributed by atoms with Gasteiger partial charge < -0.3 is 15.6 Å². The van der Waals surface area contributed by atoms with Crippen molar-refractivity contribution in [2.24, 2.45) is 5.73 Å². The van der Waals surface area contributed by atoms with Gasteiger partial charge in [0.05, 0.1) is 7.11 Å². The summed E-state index contributed by atoms with van der Waals surface area (Å²) in [4.78, 5) is 0. The van der Waals surface area contributed by atoms with Crippen LogP contribution in [0.1, 0.15) is 48.8 Å². The summed E-state index contributed by atoms with van der Waals surface area (Å²) < 4.78 is 5.28. The average Bonchev–Trinajstić information content (AvgIpc) is 2.44. The number of phenolic OH excluding ortho intramolecular Hbond substituents is 1. The van der Waals surface area contributed by atoms with Crippen LogP contribution in [0.2, 0.25) is 0 Å². The van der Waals surface area contributed by atoms with Crippen LogP contribution in [0, 0.1) is 13.8 Å². The number of rotatable bonds is 3. The molecule has 0 aliphatic heterocycles. The molecule has 1 aromatic rings. The molecule has 1 aliphatic carbocycles. The fourth-order valence-electron chi connectivity index (χ4n) is 3.50. The summed E-state index contributed by atoms with van der Waals surface area (Å²) in [7, 11) is 1.60. The van der Waals surface area contributed by atoms with Crippen molar-refractivity contribution < 1.29 is 9.84 Å². The van der Waals surface area contributed by atoms with E-state index in [4.69, 9.17) is 10.5 Å². The molecule has 0 amide bonds. The third-order valence-corrected chi connectivity index (χ3v) is 4.80. The molecule has 3 N–H and O–H groups in total. The topological polar surface area (TPSA) is 55.5 Å². The molecule has 3 heteroatoms. The van der Waals surface area contributed by atoms with Crippen LogP contribution in [0.25, 0.3) is 0 Å². The molecule has 2 rings (SSSR count). The van der Waals surface area contributed by atoms with Crippen molar-refractivity contribution in [3.05, 3.63) is 22.8 Å². The normalized spacial score (nSPS) is 18.3. The van der Waals surface area contributed by atoms with Gasteiger partial charge in [0.15, 0.2) is 11.5 Å². The highest BCUT2D eigenvalue weighted by molar-refractivity contribution is 5.55. The Balaban J connectivity index is 2.55. The van der Waals surface area contributed by atoms with Gasteiger partial charge in [-0.05, 0) is 49.4 Å². The SMILES string of the molecule is COc1c(O)cc(C2(CN)CCCCC2)c(C)c1C. The fourth-order valence-corrected chi connectivity index (χ4v) is 3.50. The molecule has 19 heavy (non-hydrogen) atoms. The second kappa shape index (κ2) is 5.41. The first-order valence-corrected chi connectivity index (χ1v) is 7.13. The number of aromatic hydroxyl groups is 1. The average molecular weight is 263 g/mol. The largest absolute Gasteiger partial charge is 0.504 e. The molecule has 0 atom stereocenters. The molecule has 1 aromatic carbocycles. The minimum Gasteiger partial charge on any atom is -0.504 e. The summed E-state index contributed by atoms with van der Waals surface area (Å²) in [5.41, 5.74) is 9.58. The zero-order valence-corrected chi connectivity index (χ0v) is 12.3. The first kappa shape index (κ1) is 14.2. The van der Waals surface area contributed by atoms with E-state index in [1.807, 2.05) is 13.0 Å². The summed E-state index contributed by atoms with van der Waals surface area (Å²) in [6.45, 7) is 4.77. The van der Waals surface area contributed by atoms with Crippen LogP contribution in [0.5, 0.6) is 11.5 Å². The molecule has 3 nitrogen and oxygen atoms in total. The Kier molecular flexibility index (Phi) is 4.04. The predicted octanol–water partition coefficient (Wildman–Crippen LogP) is 3.18. The lowest BCUT2D eigenvalue weighted by atomic mass is 9.67. The third-order valence-electron chi connectivity index (χ3n) is 4.80. The third kappa shape index (κ3) is 2.32. The van der Waals surface area contributed by atoms with E-state index in [0.29, 0.717) is 12.3 Å². The van der Waals surface area contributed by atoms with Gasteiger partial charge in [-0.15, -0.1) is 0 Å². The van der Waals surface area contributed by atoms with Gasteiger partial charge in [0, 0.05) is 12.0 Å². The molecule has 0 radical (unpaired) electrons. The standard InChI is InChI=1S/C16H25NO2/c1-11-12(2)15(19-3)14(18)9-13(11)16(10-17)7-5-4-6-8-16/h9,18H,4-8,10,17H2,1-3H3. The summed E-state index contributed by atoms with van der Waals surface area (Å²) >= 11 is 0. The van der Waals surface area contributed by atoms with Crippen molar-refractivity contribution in [2.75, 3.05) is 13.7 Å². The maximum Gasteiger partial charge on any atom is 0.163 e. The Morgan fingerprint density at radius 3 is 2.37 bits per heavy atom. The van der Waals surface area contributed by atoms with E-state index in [2.05, 4.69) is 6.92 Å². The van der Waals surface area contributed by atoms with Gasteiger partial charge in [-0.3, -0.25) is 0 Å². The van der Waals surface area contributed by atoms with E-state index < -0.39 is 0 Å². The van der Waals surface area contributed by atoms with E-state index in [0.717, 1.165) is 18.4 Å². The first-order valence-electron chi connectivity index (χ1n) is 7.13. The van der Waals surface area contributed by atoms with E-state index in [1.165, 1.54) is 30.4 Å². The molecular weight excluding hydrogens is 238 g/mol. The number of hydrogen-bond acceptors (Lipinski definition) is 3. The van der Waals surface area contributed by atoms with Gasteiger partial charge in [-0.1, -0.05) is 19.3 Å². The first-order chi connectivity index (χ1) is 9.05. The maximum absolute atomic E-state index is 10.2. The second-order valence-electron chi connectivity index (χ2n) is 5.77. The second-order valence-corrected chi connectivity index (χ2v) is 5.77. The molecule has 1 aliphatic rings. The van der Waals surface area contributed by atoms with Crippen LogP contribution in [0.3, 0.4) is 0 Å². The van der Waals surface area contributed by atoms with E-state index in [9.17, 15) is 5.11 Å². The Labute approximate surface area is 115 Å². The van der Waals surface area contributed by atoms with Gasteiger partial charge in [0.2, 0.25) is 0 Å². The van der Waals surface area contributed by atoms with Crippen LogP contribution < -0.4 is 10.5 Å². The quantitative estimate of drug-likeness (QED) is 0.880. The van der Waals surface area contributed by atoms with Gasteiger partial charge in [-0.2, -0.15) is 0 Å². The van der Waals surface area contributed by atoms with Crippen LogP contribution in [0.4, 0.5) is 0 Å². The van der Waals surface area contributed by atoms with Crippen molar-refractivity contribution in [1.82, 2.24) is 0 Å². The Morgan fingerprint density at radius 2 is 1.84 bits per heavy atom. The lowest BCUT2D eigenvalue weighted by Gasteiger charge is -2.38. The van der Waals surface area contributed by atoms with Crippen molar-refractivity contribution in [3.8, 4) is 11.5 Å². The van der Waals surface area contributed by atoms with Crippen LogP contribution in [-0.4, -0.2) is 18.8 Å². The van der Waals surface area contributed by atoms with Gasteiger partial charge >= 0.3 is 0 Å². The van der Waals surface area contributed by atoms with Crippen molar-refractivity contribution >= 4 is 0 Å². The lowest BCUT2D eigenvalue weighted by Crippen LogP contribution is -2.38. The minimum absolute atomic E-state index is 0.0385. The molecule has 106 valence electrons. The fraction of sp³-hybridized carbons (Fsp3) is 0.625. The predicted molar refractivity (Wildman–Crippen MR) is 78.0 cm³/mol. The van der Waals surface area contributed by atoms with Crippen molar-refractivity contribution in [2.45, 2.75) is 51.4 Å². The molecular formula is C16H25NO2. The van der Waals surface area contributed by atoms with Crippen LogP contribution in [-0.2, 0) is 5.41 Å². The molecule has 1 fully saturated rings. The molecule has 0 saturated heterocycles. The smallest absolute Gasteiger partial charge is 0.163 e. The summed E-state index contributed by atoms with van der Waals surface area (Å²) in [6, 6.07) is 1.87. The van der Waals surface area contributed by atoms with Gasteiger partial charge in [0.1, 0.15) is 0 Å². The van der Waals surface area contributed by atoms with Crippen molar-refractivity contribution in [1.29, 1.82) is 0 Å². The highest BCUT2D eigenvalue weighted by Gasteiger charge is 2.35. The minimum atomic E-state index is 0.0385. The number of nitrogens with two attached hydrogens (primary N) is 1. The zero-order chi connectivity index (χ0) is 14.0. The van der Waals surface area contributed by atoms with Gasteiger partial charge in [-0.25, -0.2) is 0 Å². The highest BCUT2D eigenvalue weighted by atomic mass is 16.5. The number of benzene rings is 1. The molecule has 0 heterocycles. The van der Waals surface area contributed by atoms with Gasteiger partial charge in [0.25, 0.3) is 0 Å². The van der Waals surface area contributed by atoms with Crippen molar-refractivity contribution in [3.63, 3.8) is 0 Å². The molecule has 0 unspecified atom stereocenters. The summed E-state index contributed by atoms with van der Waals surface area (Å²) in [6.07, 6.45) is 5.98. The monoisotopic (exact) mass is 263 g/mol. The van der Waals surface area contributed by atoms with Crippen LogP contribution in [0.15, 0.2) is 6.07 Å². The zero-order valence-electron chi connectivity index (χ0n) is 12.3. The Bertz CT molecular complexity index is 462. The molecule has 0 spiro atoms.